The number of hydrogen-bond donors (Lipinski definition) is 1. The van der Waals surface area contributed by atoms with E-state index in [2.05, 4.69) is 19.5 Å². The van der Waals surface area contributed by atoms with E-state index >= 15 is 0 Å². The van der Waals surface area contributed by atoms with E-state index in [4.69, 9.17) is 19.4 Å². The molecule has 0 unspecified atom stereocenters. The molecule has 0 bridgehead atoms. The van der Waals surface area contributed by atoms with Gasteiger partial charge in [-0.2, -0.15) is 0 Å². The minimum atomic E-state index is -3.57. The van der Waals surface area contributed by atoms with Crippen molar-refractivity contribution in [3.8, 4) is 17.1 Å². The molecule has 0 saturated carbocycles. The van der Waals surface area contributed by atoms with Gasteiger partial charge in [-0.25, -0.2) is 31.8 Å². The second kappa shape index (κ2) is 10.5. The van der Waals surface area contributed by atoms with Crippen molar-refractivity contribution in [2.45, 2.75) is 13.5 Å². The molecule has 5 rings (SSSR count). The zero-order chi connectivity index (χ0) is 27.1. The molecule has 2 aliphatic rings. The summed E-state index contributed by atoms with van der Waals surface area (Å²) in [6, 6.07) is 1.67. The van der Waals surface area contributed by atoms with Gasteiger partial charge in [-0.15, -0.1) is 11.3 Å². The van der Waals surface area contributed by atoms with Crippen LogP contribution in [-0.2, 0) is 31.1 Å². The van der Waals surface area contributed by atoms with Crippen molar-refractivity contribution in [1.29, 1.82) is 0 Å². The molecule has 2 fully saturated rings. The van der Waals surface area contributed by atoms with Crippen LogP contribution in [0.4, 0.5) is 11.6 Å². The van der Waals surface area contributed by atoms with Crippen LogP contribution in [0.5, 0.6) is 5.88 Å². The Morgan fingerprint density at radius 3 is 2.53 bits per heavy atom. The molecule has 15 heteroatoms. The largest absolute Gasteiger partial charge is 0.480 e. The number of morpholine rings is 1. The van der Waals surface area contributed by atoms with Crippen LogP contribution in [0.1, 0.15) is 10.4 Å². The lowest BCUT2D eigenvalue weighted by Gasteiger charge is -2.28. The number of sulfone groups is 1. The summed E-state index contributed by atoms with van der Waals surface area (Å²) in [5.74, 6) is 1.02. The van der Waals surface area contributed by atoms with Crippen molar-refractivity contribution in [2.75, 3.05) is 73.9 Å². The van der Waals surface area contributed by atoms with Crippen molar-refractivity contribution in [3.63, 3.8) is 0 Å². The number of sulfonamides is 1. The van der Waals surface area contributed by atoms with Crippen molar-refractivity contribution in [3.05, 3.63) is 22.7 Å². The monoisotopic (exact) mass is 582 g/mol. The van der Waals surface area contributed by atoms with Gasteiger partial charge < -0.3 is 14.4 Å². The number of nitrogens with one attached hydrogen (secondary N) is 1. The number of nitrogens with zero attached hydrogens (tertiary/aromatic N) is 5. The molecule has 0 aromatic carbocycles. The van der Waals surface area contributed by atoms with Gasteiger partial charge in [0.2, 0.25) is 21.9 Å². The van der Waals surface area contributed by atoms with Gasteiger partial charge in [-0.05, 0) is 13.0 Å². The molecule has 0 aliphatic carbocycles. The van der Waals surface area contributed by atoms with Crippen molar-refractivity contribution in [2.24, 2.45) is 0 Å². The maximum atomic E-state index is 12.0. The van der Waals surface area contributed by atoms with Gasteiger partial charge in [-0.1, -0.05) is 0 Å². The predicted molar refractivity (Wildman–Crippen MR) is 147 cm³/mol. The van der Waals surface area contributed by atoms with Crippen LogP contribution < -0.4 is 14.4 Å². The fourth-order valence-corrected chi connectivity index (χ4v) is 7.50. The predicted octanol–water partition coefficient (Wildman–Crippen LogP) is 1.51. The molecule has 0 atom stereocenters. The lowest BCUT2D eigenvalue weighted by molar-refractivity contribution is 0.122. The number of methoxy groups -OCH3 is 1. The highest BCUT2D eigenvalue weighted by Crippen LogP contribution is 2.39. The second-order valence-corrected chi connectivity index (χ2v) is 14.6. The first-order valence-electron chi connectivity index (χ1n) is 12.1. The van der Waals surface area contributed by atoms with Crippen LogP contribution in [0.2, 0.25) is 0 Å². The Balaban J connectivity index is 1.63. The topological polar surface area (TPSA) is 144 Å². The quantitative estimate of drug-likeness (QED) is 0.433. The molecule has 206 valence electrons. The number of hydrogen-bond acceptors (Lipinski definition) is 12. The summed E-state index contributed by atoms with van der Waals surface area (Å²) in [6.07, 6.45) is 2.68. The zero-order valence-electron chi connectivity index (χ0n) is 21.4. The Labute approximate surface area is 226 Å². The first-order valence-corrected chi connectivity index (χ1v) is 16.6. The average Bonchev–Trinajstić information content (AvgIpc) is 3.19. The Morgan fingerprint density at radius 1 is 1.16 bits per heavy atom. The zero-order valence-corrected chi connectivity index (χ0v) is 23.9. The number of anilines is 2. The summed E-state index contributed by atoms with van der Waals surface area (Å²) in [4.78, 5) is 19.5. The minimum Gasteiger partial charge on any atom is -0.480 e. The maximum Gasteiger partial charge on any atom is 0.238 e. The number of aromatic nitrogens is 3. The number of pyridine rings is 1. The van der Waals surface area contributed by atoms with E-state index in [1.807, 2.05) is 6.92 Å². The third kappa shape index (κ3) is 5.86. The van der Waals surface area contributed by atoms with E-state index in [1.54, 1.807) is 23.6 Å². The fourth-order valence-electron chi connectivity index (χ4n) is 4.56. The van der Waals surface area contributed by atoms with Gasteiger partial charge in [0.05, 0.1) is 54.0 Å². The van der Waals surface area contributed by atoms with Crippen LogP contribution in [0, 0.1) is 6.92 Å². The fraction of sp³-hybridized carbons (Fsp3) is 0.522. The van der Waals surface area contributed by atoms with E-state index in [9.17, 15) is 16.8 Å². The highest BCUT2D eigenvalue weighted by molar-refractivity contribution is 7.92. The molecule has 5 heterocycles. The number of aryl methyl sites for hydroxylation is 1. The van der Waals surface area contributed by atoms with Gasteiger partial charge in [0, 0.05) is 54.9 Å². The molecule has 0 spiro atoms. The molecule has 0 amide bonds. The number of fused-ring (bicyclic) bond motifs is 1. The number of ether oxygens (including phenoxy) is 2. The molecule has 2 aliphatic heterocycles. The first kappa shape index (κ1) is 27.0. The van der Waals surface area contributed by atoms with E-state index < -0.39 is 19.9 Å². The third-order valence-corrected chi connectivity index (χ3v) is 9.89. The summed E-state index contributed by atoms with van der Waals surface area (Å²) >= 11 is 1.56. The second-order valence-electron chi connectivity index (χ2n) is 9.37. The van der Waals surface area contributed by atoms with Crippen LogP contribution in [-0.4, -0.2) is 101 Å². The lowest BCUT2D eigenvalue weighted by atomic mass is 10.1. The summed E-state index contributed by atoms with van der Waals surface area (Å²) in [7, 11) is -5.13. The van der Waals surface area contributed by atoms with E-state index in [-0.39, 0.29) is 23.1 Å². The Hall–Kier alpha value is -2.59. The number of thiophene rings is 1. The normalized spacial score (nSPS) is 18.6. The van der Waals surface area contributed by atoms with Gasteiger partial charge in [-0.3, -0.25) is 9.62 Å². The summed E-state index contributed by atoms with van der Waals surface area (Å²) in [5.41, 5.74) is 3.33. The summed E-state index contributed by atoms with van der Waals surface area (Å²) in [5, 5.41) is 0. The molecule has 1 N–H and O–H groups in total. The molecule has 2 saturated heterocycles. The highest BCUT2D eigenvalue weighted by Gasteiger charge is 2.26. The highest BCUT2D eigenvalue weighted by atomic mass is 32.2. The molecule has 12 nitrogen and oxygen atoms in total. The number of rotatable bonds is 7. The average molecular weight is 583 g/mol. The van der Waals surface area contributed by atoms with Crippen molar-refractivity contribution in [1.82, 2.24) is 19.9 Å². The summed E-state index contributed by atoms with van der Waals surface area (Å²) < 4.78 is 62.0. The van der Waals surface area contributed by atoms with Crippen molar-refractivity contribution < 1.29 is 26.3 Å². The van der Waals surface area contributed by atoms with Crippen LogP contribution in [0.3, 0.4) is 0 Å². The lowest BCUT2D eigenvalue weighted by Crippen LogP contribution is -2.39. The van der Waals surface area contributed by atoms with Gasteiger partial charge in [0.25, 0.3) is 0 Å². The SMILES string of the molecule is COc1ncc(-c2nc(N3CCOCC3)nc3c(CN4CCS(=O)(=O)CC4)c(C)sc23)cc1NS(C)(=O)=O. The van der Waals surface area contributed by atoms with E-state index in [0.717, 1.165) is 26.9 Å². The Morgan fingerprint density at radius 2 is 1.87 bits per heavy atom. The van der Waals surface area contributed by atoms with E-state index in [0.29, 0.717) is 63.1 Å². The van der Waals surface area contributed by atoms with E-state index in [1.165, 1.54) is 7.11 Å². The van der Waals surface area contributed by atoms with Crippen molar-refractivity contribution >= 4 is 53.0 Å². The molecule has 38 heavy (non-hydrogen) atoms. The smallest absolute Gasteiger partial charge is 0.238 e. The molecular formula is C23H30N6O6S3. The standard InChI is InChI=1S/C23H30N6O6S3/c1-15-17(14-28-6-10-38(32,33)11-7-28)20-21(36-15)19(25-23(26-20)29-4-8-35-9-5-29)16-12-18(27-37(3,30)31)22(34-2)24-13-16/h12-13,27H,4-11,14H2,1-3H3. The molecule has 3 aromatic rings. The third-order valence-electron chi connectivity index (χ3n) is 6.55. The van der Waals surface area contributed by atoms with Gasteiger partial charge in [0.15, 0.2) is 9.84 Å². The van der Waals surface area contributed by atoms with Crippen LogP contribution in [0.15, 0.2) is 12.3 Å². The first-order chi connectivity index (χ1) is 18.0. The summed E-state index contributed by atoms with van der Waals surface area (Å²) in [6.45, 7) is 6.02. The Bertz CT molecular complexity index is 1550. The molecule has 3 aromatic heterocycles. The Kier molecular flexibility index (Phi) is 7.48. The van der Waals surface area contributed by atoms with Gasteiger partial charge in [0.1, 0.15) is 5.69 Å². The van der Waals surface area contributed by atoms with Crippen LogP contribution in [0.25, 0.3) is 21.5 Å². The maximum absolute atomic E-state index is 12.0. The minimum absolute atomic E-state index is 0.154. The molecule has 0 radical (unpaired) electrons. The van der Waals surface area contributed by atoms with Crippen LogP contribution >= 0.6 is 11.3 Å². The van der Waals surface area contributed by atoms with Gasteiger partial charge >= 0.3 is 0 Å². The molecular weight excluding hydrogens is 552 g/mol.